The highest BCUT2D eigenvalue weighted by Gasteiger charge is 2.14. The third kappa shape index (κ3) is 5.47. The average molecular weight is 391 g/mol. The van der Waals surface area contributed by atoms with E-state index in [-0.39, 0.29) is 17.1 Å². The van der Waals surface area contributed by atoms with Crippen LogP contribution < -0.4 is 10.6 Å². The number of amides is 2. The van der Waals surface area contributed by atoms with Gasteiger partial charge in [0.1, 0.15) is 0 Å². The average Bonchev–Trinajstić information content (AvgIpc) is 2.70. The van der Waals surface area contributed by atoms with Gasteiger partial charge in [-0.1, -0.05) is 35.9 Å². The van der Waals surface area contributed by atoms with Crippen molar-refractivity contribution in [2.24, 2.45) is 0 Å². The van der Waals surface area contributed by atoms with Crippen LogP contribution in [0.3, 0.4) is 0 Å². The summed E-state index contributed by atoms with van der Waals surface area (Å²) in [6, 6.07) is 24.4. The van der Waals surface area contributed by atoms with Gasteiger partial charge in [-0.2, -0.15) is 0 Å². The van der Waals surface area contributed by atoms with Crippen LogP contribution in [0.4, 0.5) is 11.4 Å². The first kappa shape index (κ1) is 19.7. The summed E-state index contributed by atoms with van der Waals surface area (Å²) in [5.41, 5.74) is 3.18. The van der Waals surface area contributed by atoms with Gasteiger partial charge in [0.05, 0.1) is 5.25 Å². The molecule has 28 heavy (non-hydrogen) atoms. The zero-order valence-corrected chi connectivity index (χ0v) is 16.6. The van der Waals surface area contributed by atoms with E-state index < -0.39 is 0 Å². The molecule has 3 aromatic rings. The maximum Gasteiger partial charge on any atom is 0.255 e. The summed E-state index contributed by atoms with van der Waals surface area (Å²) in [5, 5.41) is 5.56. The molecule has 3 aromatic carbocycles. The fourth-order valence-corrected chi connectivity index (χ4v) is 3.50. The monoisotopic (exact) mass is 390 g/mol. The lowest BCUT2D eigenvalue weighted by Gasteiger charge is -2.12. The number of thioether (sulfide) groups is 1. The molecular weight excluding hydrogens is 368 g/mol. The maximum absolute atomic E-state index is 12.3. The smallest absolute Gasteiger partial charge is 0.255 e. The summed E-state index contributed by atoms with van der Waals surface area (Å²) in [7, 11) is 0. The van der Waals surface area contributed by atoms with E-state index in [0.29, 0.717) is 5.56 Å². The molecule has 0 spiro atoms. The number of carbonyl (C=O) groups excluding carboxylic acids is 2. The molecule has 0 fully saturated rings. The van der Waals surface area contributed by atoms with E-state index in [2.05, 4.69) is 10.6 Å². The van der Waals surface area contributed by atoms with Gasteiger partial charge in [0, 0.05) is 21.8 Å². The Kier molecular flexibility index (Phi) is 6.50. The Hall–Kier alpha value is -3.05. The second kappa shape index (κ2) is 9.24. The Labute approximate surface area is 169 Å². The van der Waals surface area contributed by atoms with Crippen molar-refractivity contribution in [3.63, 3.8) is 0 Å². The highest BCUT2D eigenvalue weighted by Crippen LogP contribution is 2.26. The molecular formula is C23H22N2O2S. The van der Waals surface area contributed by atoms with E-state index in [4.69, 9.17) is 0 Å². The van der Waals surface area contributed by atoms with E-state index in [1.165, 1.54) is 11.8 Å². The first-order chi connectivity index (χ1) is 13.5. The number of hydrogen-bond acceptors (Lipinski definition) is 3. The van der Waals surface area contributed by atoms with Crippen molar-refractivity contribution >= 4 is 35.0 Å². The first-order valence-corrected chi connectivity index (χ1v) is 9.90. The zero-order valence-electron chi connectivity index (χ0n) is 15.8. The van der Waals surface area contributed by atoms with E-state index in [0.717, 1.165) is 21.8 Å². The third-order valence-electron chi connectivity index (χ3n) is 4.12. The minimum absolute atomic E-state index is 0.0481. The number of rotatable bonds is 6. The molecule has 1 unspecified atom stereocenters. The Bertz CT molecular complexity index is 956. The van der Waals surface area contributed by atoms with Gasteiger partial charge in [0.25, 0.3) is 5.91 Å². The topological polar surface area (TPSA) is 58.2 Å². The molecule has 0 heterocycles. The van der Waals surface area contributed by atoms with Crippen LogP contribution in [0.15, 0.2) is 83.8 Å². The Morgan fingerprint density at radius 3 is 2.18 bits per heavy atom. The summed E-state index contributed by atoms with van der Waals surface area (Å²) < 4.78 is 0. The van der Waals surface area contributed by atoms with Gasteiger partial charge in [0.15, 0.2) is 0 Å². The fraction of sp³-hybridized carbons (Fsp3) is 0.130. The van der Waals surface area contributed by atoms with Crippen LogP contribution in [-0.2, 0) is 4.79 Å². The summed E-state index contributed by atoms with van der Waals surface area (Å²) >= 11 is 1.47. The van der Waals surface area contributed by atoms with Gasteiger partial charge >= 0.3 is 0 Å². The molecule has 142 valence electrons. The molecule has 3 rings (SSSR count). The third-order valence-corrected chi connectivity index (χ3v) is 5.23. The number of benzene rings is 3. The fourth-order valence-electron chi connectivity index (χ4n) is 2.63. The summed E-state index contributed by atoms with van der Waals surface area (Å²) in [6.07, 6.45) is 0. The highest BCUT2D eigenvalue weighted by atomic mass is 32.2. The molecule has 2 N–H and O–H groups in total. The van der Waals surface area contributed by atoms with Crippen molar-refractivity contribution in [1.29, 1.82) is 0 Å². The molecule has 0 aliphatic carbocycles. The number of aryl methyl sites for hydroxylation is 1. The van der Waals surface area contributed by atoms with E-state index in [1.807, 2.05) is 86.6 Å². The van der Waals surface area contributed by atoms with Crippen LogP contribution in [0.2, 0.25) is 0 Å². The molecule has 0 aliphatic rings. The van der Waals surface area contributed by atoms with Crippen molar-refractivity contribution in [1.82, 2.24) is 0 Å². The highest BCUT2D eigenvalue weighted by molar-refractivity contribution is 8.00. The van der Waals surface area contributed by atoms with E-state index in [9.17, 15) is 9.59 Å². The van der Waals surface area contributed by atoms with Crippen molar-refractivity contribution in [2.45, 2.75) is 24.0 Å². The lowest BCUT2D eigenvalue weighted by atomic mass is 10.1. The summed E-state index contributed by atoms with van der Waals surface area (Å²) in [5.74, 6) is -0.187. The zero-order chi connectivity index (χ0) is 19.9. The number of carbonyl (C=O) groups is 2. The molecule has 0 saturated heterocycles. The van der Waals surface area contributed by atoms with Crippen LogP contribution in [-0.4, -0.2) is 17.1 Å². The predicted octanol–water partition coefficient (Wildman–Crippen LogP) is 5.37. The summed E-state index contributed by atoms with van der Waals surface area (Å²) in [6.45, 7) is 3.83. The van der Waals surface area contributed by atoms with Gasteiger partial charge in [-0.15, -0.1) is 11.8 Å². The quantitative estimate of drug-likeness (QED) is 0.557. The van der Waals surface area contributed by atoms with Gasteiger partial charge in [-0.25, -0.2) is 0 Å². The SMILES string of the molecule is Cc1cccc(C(=O)Nc2ccc(SC(C)C(=O)Nc3ccccc3)cc2)c1. The molecule has 0 bridgehead atoms. The number of nitrogens with one attached hydrogen (secondary N) is 2. The first-order valence-electron chi connectivity index (χ1n) is 9.02. The molecule has 4 nitrogen and oxygen atoms in total. The predicted molar refractivity (Wildman–Crippen MR) is 116 cm³/mol. The minimum atomic E-state index is -0.243. The van der Waals surface area contributed by atoms with Crippen LogP contribution in [0.5, 0.6) is 0 Å². The van der Waals surface area contributed by atoms with Crippen molar-refractivity contribution in [2.75, 3.05) is 10.6 Å². The summed E-state index contributed by atoms with van der Waals surface area (Å²) in [4.78, 5) is 25.6. The van der Waals surface area contributed by atoms with Gasteiger partial charge in [0.2, 0.25) is 5.91 Å². The molecule has 0 aliphatic heterocycles. The molecule has 0 aromatic heterocycles. The number of anilines is 2. The van der Waals surface area contributed by atoms with Crippen molar-refractivity contribution < 1.29 is 9.59 Å². The Balaban J connectivity index is 1.56. The molecule has 5 heteroatoms. The van der Waals surface area contributed by atoms with E-state index in [1.54, 1.807) is 6.07 Å². The Morgan fingerprint density at radius 2 is 1.50 bits per heavy atom. The van der Waals surface area contributed by atoms with Crippen LogP contribution in [0.25, 0.3) is 0 Å². The lowest BCUT2D eigenvalue weighted by molar-refractivity contribution is -0.115. The second-order valence-electron chi connectivity index (χ2n) is 6.46. The number of para-hydroxylation sites is 1. The lowest BCUT2D eigenvalue weighted by Crippen LogP contribution is -2.22. The van der Waals surface area contributed by atoms with E-state index >= 15 is 0 Å². The minimum Gasteiger partial charge on any atom is -0.325 e. The standard InChI is InChI=1S/C23H22N2O2S/c1-16-7-6-8-18(15-16)23(27)25-20-11-13-21(14-12-20)28-17(2)22(26)24-19-9-4-3-5-10-19/h3-15,17H,1-2H3,(H,24,26)(H,25,27). The van der Waals surface area contributed by atoms with Crippen LogP contribution in [0, 0.1) is 6.92 Å². The number of hydrogen-bond donors (Lipinski definition) is 2. The van der Waals surface area contributed by atoms with Gasteiger partial charge < -0.3 is 10.6 Å². The van der Waals surface area contributed by atoms with Gasteiger partial charge in [-0.3, -0.25) is 9.59 Å². The molecule has 2 amide bonds. The molecule has 0 radical (unpaired) electrons. The van der Waals surface area contributed by atoms with Gasteiger partial charge in [-0.05, 0) is 62.4 Å². The van der Waals surface area contributed by atoms with Crippen molar-refractivity contribution in [3.05, 3.63) is 90.0 Å². The maximum atomic E-state index is 12.3. The molecule has 1 atom stereocenters. The Morgan fingerprint density at radius 1 is 0.821 bits per heavy atom. The van der Waals surface area contributed by atoms with Crippen LogP contribution >= 0.6 is 11.8 Å². The second-order valence-corrected chi connectivity index (χ2v) is 7.88. The van der Waals surface area contributed by atoms with Crippen molar-refractivity contribution in [3.8, 4) is 0 Å². The van der Waals surface area contributed by atoms with Crippen LogP contribution in [0.1, 0.15) is 22.8 Å². The largest absolute Gasteiger partial charge is 0.325 e. The molecule has 0 saturated carbocycles. The normalized spacial score (nSPS) is 11.5.